The molecule has 3 heterocycles. The minimum absolute atomic E-state index is 0.0947. The lowest BCUT2D eigenvalue weighted by molar-refractivity contribution is 0.146. The summed E-state index contributed by atoms with van der Waals surface area (Å²) in [6.07, 6.45) is 1.32. The molecule has 1 atom stereocenters. The zero-order valence-electron chi connectivity index (χ0n) is 18.2. The van der Waals surface area contributed by atoms with Gasteiger partial charge in [-0.15, -0.1) is 0 Å². The Morgan fingerprint density at radius 2 is 2.06 bits per heavy atom. The first-order chi connectivity index (χ1) is 16.0. The molecule has 170 valence electrons. The van der Waals surface area contributed by atoms with Crippen molar-refractivity contribution in [2.24, 2.45) is 0 Å². The highest BCUT2D eigenvalue weighted by atomic mass is 19.3. The van der Waals surface area contributed by atoms with Crippen molar-refractivity contribution in [2.75, 3.05) is 23.4 Å². The third kappa shape index (κ3) is 4.91. The topological polar surface area (TPSA) is 98.0 Å². The van der Waals surface area contributed by atoms with Gasteiger partial charge in [-0.05, 0) is 42.7 Å². The second-order valence-corrected chi connectivity index (χ2v) is 7.98. The Balaban J connectivity index is 1.62. The first-order valence-corrected chi connectivity index (χ1v) is 10.7. The molecule has 1 aliphatic heterocycles. The van der Waals surface area contributed by atoms with E-state index in [4.69, 9.17) is 0 Å². The van der Waals surface area contributed by atoms with Crippen LogP contribution in [0.5, 0.6) is 0 Å². The molecule has 0 radical (unpaired) electrons. The molecule has 0 amide bonds. The van der Waals surface area contributed by atoms with E-state index in [1.165, 1.54) is 18.6 Å². The zero-order valence-corrected chi connectivity index (χ0v) is 18.2. The van der Waals surface area contributed by atoms with Crippen molar-refractivity contribution in [2.45, 2.75) is 38.8 Å². The zero-order chi connectivity index (χ0) is 23.4. The van der Waals surface area contributed by atoms with Crippen LogP contribution in [0, 0.1) is 18.3 Å². The highest BCUT2D eigenvalue weighted by Gasteiger charge is 2.24. The van der Waals surface area contributed by atoms with Gasteiger partial charge in [0.05, 0.1) is 23.0 Å². The Bertz CT molecular complexity index is 1160. The number of pyridine rings is 1. The molecule has 9 heteroatoms. The number of fused-ring (bicyclic) bond motifs is 1. The van der Waals surface area contributed by atoms with E-state index in [1.807, 2.05) is 25.1 Å². The number of alkyl halides is 2. The van der Waals surface area contributed by atoms with Gasteiger partial charge in [-0.25, -0.2) is 18.7 Å². The number of benzene rings is 1. The van der Waals surface area contributed by atoms with Crippen molar-refractivity contribution in [1.29, 1.82) is 5.26 Å². The molecule has 0 saturated heterocycles. The maximum absolute atomic E-state index is 12.9. The van der Waals surface area contributed by atoms with Gasteiger partial charge in [0, 0.05) is 37.9 Å². The number of aliphatic hydroxyl groups is 1. The number of hydrogen-bond acceptors (Lipinski definition) is 7. The van der Waals surface area contributed by atoms with Crippen LogP contribution in [-0.4, -0.2) is 33.2 Å². The van der Waals surface area contributed by atoms with Crippen LogP contribution in [-0.2, 0) is 13.0 Å². The molecule has 2 aromatic heterocycles. The molecule has 3 aromatic rings. The number of aliphatic hydroxyl groups excluding tert-OH is 1. The Morgan fingerprint density at radius 3 is 2.76 bits per heavy atom. The van der Waals surface area contributed by atoms with Crippen LogP contribution in [0.15, 0.2) is 42.9 Å². The number of nitrogens with zero attached hydrogens (tertiary/aromatic N) is 5. The van der Waals surface area contributed by atoms with Crippen molar-refractivity contribution in [1.82, 2.24) is 15.0 Å². The summed E-state index contributed by atoms with van der Waals surface area (Å²) in [7, 11) is 0. The summed E-state index contributed by atoms with van der Waals surface area (Å²) in [4.78, 5) is 14.8. The number of nitriles is 1. The number of aryl methyl sites for hydroxylation is 1. The standard InChI is InChI=1S/C24H24F2N6O/c1-15-2-5-22(17(10-15)11-27)32-8-6-20-18(13-32)24(30-14-29-20)31-19(7-9-33)16-3-4-21(23(25)26)28-12-16/h2-5,10,12,14,19,23,33H,6-9,13H2,1H3,(H,29,30,31)/t19-/m1/s1. The van der Waals surface area contributed by atoms with E-state index in [2.05, 4.69) is 31.2 Å². The third-order valence-electron chi connectivity index (χ3n) is 5.78. The largest absolute Gasteiger partial charge is 0.396 e. The van der Waals surface area contributed by atoms with Crippen LogP contribution < -0.4 is 10.2 Å². The monoisotopic (exact) mass is 450 g/mol. The first kappa shape index (κ1) is 22.6. The smallest absolute Gasteiger partial charge is 0.280 e. The fraction of sp³-hybridized carbons (Fsp3) is 0.333. The maximum Gasteiger partial charge on any atom is 0.280 e. The fourth-order valence-corrected chi connectivity index (χ4v) is 4.05. The second-order valence-electron chi connectivity index (χ2n) is 7.98. The number of nitrogens with one attached hydrogen (secondary N) is 1. The molecule has 0 unspecified atom stereocenters. The minimum Gasteiger partial charge on any atom is -0.396 e. The predicted molar refractivity (Wildman–Crippen MR) is 120 cm³/mol. The molecule has 0 fully saturated rings. The summed E-state index contributed by atoms with van der Waals surface area (Å²) >= 11 is 0. The molecule has 0 saturated carbocycles. The number of halogens is 2. The van der Waals surface area contributed by atoms with Crippen molar-refractivity contribution in [3.05, 3.63) is 76.5 Å². The summed E-state index contributed by atoms with van der Waals surface area (Å²) in [6, 6.07) is 10.6. The average molecular weight is 450 g/mol. The normalized spacial score (nSPS) is 14.0. The molecule has 1 aromatic carbocycles. The van der Waals surface area contributed by atoms with Crippen LogP contribution in [0.2, 0.25) is 0 Å². The SMILES string of the molecule is Cc1ccc(N2CCc3ncnc(N[C@H](CCO)c4ccc(C(F)F)nc4)c3C2)c(C#N)c1. The molecule has 0 aliphatic carbocycles. The molecule has 0 spiro atoms. The van der Waals surface area contributed by atoms with E-state index in [1.54, 1.807) is 6.07 Å². The maximum atomic E-state index is 12.9. The van der Waals surface area contributed by atoms with Gasteiger partial charge < -0.3 is 15.3 Å². The molecule has 33 heavy (non-hydrogen) atoms. The van der Waals surface area contributed by atoms with Gasteiger partial charge in [-0.1, -0.05) is 12.1 Å². The van der Waals surface area contributed by atoms with Crippen molar-refractivity contribution in [3.63, 3.8) is 0 Å². The molecule has 1 aliphatic rings. The van der Waals surface area contributed by atoms with E-state index >= 15 is 0 Å². The van der Waals surface area contributed by atoms with E-state index in [9.17, 15) is 19.1 Å². The van der Waals surface area contributed by atoms with Gasteiger partial charge >= 0.3 is 0 Å². The number of aromatic nitrogens is 3. The molecule has 7 nitrogen and oxygen atoms in total. The predicted octanol–water partition coefficient (Wildman–Crippen LogP) is 4.09. The first-order valence-electron chi connectivity index (χ1n) is 10.7. The van der Waals surface area contributed by atoms with Crippen molar-refractivity contribution >= 4 is 11.5 Å². The van der Waals surface area contributed by atoms with Gasteiger partial charge in [0.1, 0.15) is 23.9 Å². The van der Waals surface area contributed by atoms with Crippen LogP contribution in [0.25, 0.3) is 0 Å². The van der Waals surface area contributed by atoms with E-state index in [0.717, 1.165) is 29.1 Å². The lowest BCUT2D eigenvalue weighted by Gasteiger charge is -2.32. The second kappa shape index (κ2) is 9.88. The summed E-state index contributed by atoms with van der Waals surface area (Å²) < 4.78 is 25.8. The van der Waals surface area contributed by atoms with Gasteiger partial charge in [0.25, 0.3) is 6.43 Å². The quantitative estimate of drug-likeness (QED) is 0.560. The number of rotatable bonds is 7. The molecule has 0 bridgehead atoms. The van der Waals surface area contributed by atoms with Gasteiger partial charge in [0.2, 0.25) is 0 Å². The summed E-state index contributed by atoms with van der Waals surface area (Å²) in [5, 5.41) is 22.5. The van der Waals surface area contributed by atoms with Crippen molar-refractivity contribution in [3.8, 4) is 6.07 Å². The average Bonchev–Trinajstić information content (AvgIpc) is 2.83. The van der Waals surface area contributed by atoms with Crippen molar-refractivity contribution < 1.29 is 13.9 Å². The Hall–Kier alpha value is -3.64. The highest BCUT2D eigenvalue weighted by molar-refractivity contribution is 5.63. The van der Waals surface area contributed by atoms with Gasteiger partial charge in [-0.3, -0.25) is 4.98 Å². The van der Waals surface area contributed by atoms with Crippen LogP contribution in [0.4, 0.5) is 20.3 Å². The van der Waals surface area contributed by atoms with Crippen LogP contribution in [0.3, 0.4) is 0 Å². The van der Waals surface area contributed by atoms with Crippen LogP contribution in [0.1, 0.15) is 52.5 Å². The lowest BCUT2D eigenvalue weighted by Crippen LogP contribution is -2.32. The van der Waals surface area contributed by atoms with Gasteiger partial charge in [-0.2, -0.15) is 5.26 Å². The molecular weight excluding hydrogens is 426 g/mol. The Kier molecular flexibility index (Phi) is 6.75. The molecule has 4 rings (SSSR count). The summed E-state index contributed by atoms with van der Waals surface area (Å²) in [5.74, 6) is 0.617. The summed E-state index contributed by atoms with van der Waals surface area (Å²) in [6.45, 7) is 3.10. The molecule has 2 N–H and O–H groups in total. The van der Waals surface area contributed by atoms with E-state index in [0.29, 0.717) is 36.3 Å². The Labute approximate surface area is 190 Å². The van der Waals surface area contributed by atoms with Gasteiger partial charge in [0.15, 0.2) is 0 Å². The summed E-state index contributed by atoms with van der Waals surface area (Å²) in [5.41, 5.74) is 4.73. The van der Waals surface area contributed by atoms with Crippen LogP contribution >= 0.6 is 0 Å². The molecular formula is C24H24F2N6O. The van der Waals surface area contributed by atoms with E-state index < -0.39 is 6.43 Å². The Morgan fingerprint density at radius 1 is 1.21 bits per heavy atom. The lowest BCUT2D eigenvalue weighted by atomic mass is 10.0. The van der Waals surface area contributed by atoms with E-state index in [-0.39, 0.29) is 18.3 Å². The number of hydrogen-bond donors (Lipinski definition) is 2. The third-order valence-corrected chi connectivity index (χ3v) is 5.78. The minimum atomic E-state index is -2.64. The number of anilines is 2. The fourth-order valence-electron chi connectivity index (χ4n) is 4.05. The highest BCUT2D eigenvalue weighted by Crippen LogP contribution is 2.32.